The van der Waals surface area contributed by atoms with Crippen LogP contribution in [0.2, 0.25) is 0 Å². The topological polar surface area (TPSA) is 63.1 Å². The summed E-state index contributed by atoms with van der Waals surface area (Å²) in [7, 11) is 0. The molecule has 1 amide bonds. The Morgan fingerprint density at radius 2 is 1.88 bits per heavy atom. The zero-order valence-electron chi connectivity index (χ0n) is 15.3. The van der Waals surface area contributed by atoms with E-state index in [0.29, 0.717) is 6.04 Å². The van der Waals surface area contributed by atoms with E-state index in [1.165, 1.54) is 30.2 Å². The molecular weight excluding hydrogens is 346 g/mol. The van der Waals surface area contributed by atoms with Crippen LogP contribution in [-0.2, 0) is 4.79 Å². The van der Waals surface area contributed by atoms with E-state index in [2.05, 4.69) is 56.2 Å². The summed E-state index contributed by atoms with van der Waals surface area (Å²) in [5.41, 5.74) is 2.26. The Hall–Kier alpha value is -2.02. The number of nitrogens with zero attached hydrogens (tertiary/aromatic N) is 4. The van der Waals surface area contributed by atoms with Crippen LogP contribution in [0.5, 0.6) is 0 Å². The fourth-order valence-corrected chi connectivity index (χ4v) is 4.01. The standard InChI is InChI=1S/C19H25N5OS/c1-13-5-9-16(10-6-13)24-18(23-11-3-4-12-23)21-22-19(24)26-14(2)17(25)20-15-7-8-15/h5-6,9-10,14-15H,3-4,7-8,11-12H2,1-2H3,(H,20,25)/t14-/m0/s1. The molecule has 1 aliphatic carbocycles. The summed E-state index contributed by atoms with van der Waals surface area (Å²) in [6.07, 6.45) is 4.57. The SMILES string of the molecule is Cc1ccc(-n2c(S[C@@H](C)C(=O)NC3CC3)nnc2N2CCCC2)cc1. The van der Waals surface area contributed by atoms with Gasteiger partial charge in [-0.2, -0.15) is 0 Å². The highest BCUT2D eigenvalue weighted by molar-refractivity contribution is 8.00. The first-order chi connectivity index (χ1) is 12.6. The number of hydrogen-bond acceptors (Lipinski definition) is 5. The number of thioether (sulfide) groups is 1. The van der Waals surface area contributed by atoms with E-state index < -0.39 is 0 Å². The maximum atomic E-state index is 12.4. The van der Waals surface area contributed by atoms with Crippen LogP contribution in [0.1, 0.15) is 38.2 Å². The van der Waals surface area contributed by atoms with Gasteiger partial charge in [-0.15, -0.1) is 10.2 Å². The Morgan fingerprint density at radius 3 is 2.54 bits per heavy atom. The van der Waals surface area contributed by atoms with Gasteiger partial charge in [-0.1, -0.05) is 29.5 Å². The number of benzene rings is 1. The number of nitrogens with one attached hydrogen (secondary N) is 1. The highest BCUT2D eigenvalue weighted by Crippen LogP contribution is 2.31. The van der Waals surface area contributed by atoms with Crippen molar-refractivity contribution < 1.29 is 4.79 Å². The first-order valence-electron chi connectivity index (χ1n) is 9.36. The molecule has 138 valence electrons. The number of carbonyl (C=O) groups excluding carboxylic acids is 1. The lowest BCUT2D eigenvalue weighted by Gasteiger charge is -2.19. The molecule has 4 rings (SSSR count). The summed E-state index contributed by atoms with van der Waals surface area (Å²) in [6, 6.07) is 8.76. The minimum atomic E-state index is -0.199. The van der Waals surface area contributed by atoms with E-state index in [1.807, 2.05) is 6.92 Å². The molecule has 7 heteroatoms. The van der Waals surface area contributed by atoms with E-state index in [4.69, 9.17) is 0 Å². The Balaban J connectivity index is 1.62. The molecule has 2 heterocycles. The molecule has 1 atom stereocenters. The fraction of sp³-hybridized carbons (Fsp3) is 0.526. The van der Waals surface area contributed by atoms with Gasteiger partial charge in [0.2, 0.25) is 11.9 Å². The number of hydrogen-bond donors (Lipinski definition) is 1. The second-order valence-corrected chi connectivity index (χ2v) is 8.50. The van der Waals surface area contributed by atoms with Crippen molar-refractivity contribution in [1.29, 1.82) is 0 Å². The van der Waals surface area contributed by atoms with Crippen LogP contribution in [0.25, 0.3) is 5.69 Å². The van der Waals surface area contributed by atoms with Crippen molar-refractivity contribution in [1.82, 2.24) is 20.1 Å². The lowest BCUT2D eigenvalue weighted by atomic mass is 10.2. The number of aryl methyl sites for hydroxylation is 1. The molecule has 2 fully saturated rings. The molecule has 1 saturated carbocycles. The molecule has 0 radical (unpaired) electrons. The monoisotopic (exact) mass is 371 g/mol. The summed E-state index contributed by atoms with van der Waals surface area (Å²) in [5, 5.41) is 12.5. The largest absolute Gasteiger partial charge is 0.352 e. The van der Waals surface area contributed by atoms with Gasteiger partial charge in [-0.05, 0) is 51.7 Å². The Morgan fingerprint density at radius 1 is 1.19 bits per heavy atom. The van der Waals surface area contributed by atoms with Crippen molar-refractivity contribution in [3.63, 3.8) is 0 Å². The van der Waals surface area contributed by atoms with Gasteiger partial charge in [0.05, 0.1) is 10.9 Å². The van der Waals surface area contributed by atoms with Crippen molar-refractivity contribution in [2.45, 2.75) is 56.0 Å². The summed E-state index contributed by atoms with van der Waals surface area (Å²) in [6.45, 7) is 6.03. The predicted octanol–water partition coefficient (Wildman–Crippen LogP) is 2.94. The van der Waals surface area contributed by atoms with Gasteiger partial charge in [0.15, 0.2) is 5.16 Å². The van der Waals surface area contributed by atoms with E-state index in [-0.39, 0.29) is 11.2 Å². The third-order valence-corrected chi connectivity index (χ3v) is 5.92. The van der Waals surface area contributed by atoms with Gasteiger partial charge in [0.1, 0.15) is 0 Å². The van der Waals surface area contributed by atoms with Gasteiger partial charge in [0.25, 0.3) is 0 Å². The summed E-state index contributed by atoms with van der Waals surface area (Å²) in [4.78, 5) is 14.6. The van der Waals surface area contributed by atoms with Crippen LogP contribution >= 0.6 is 11.8 Å². The average Bonchev–Trinajstić information content (AvgIpc) is 3.11. The zero-order chi connectivity index (χ0) is 18.1. The van der Waals surface area contributed by atoms with Crippen molar-refractivity contribution in [3.8, 4) is 5.69 Å². The number of amides is 1. The van der Waals surface area contributed by atoms with Crippen molar-refractivity contribution >= 4 is 23.6 Å². The molecule has 2 aromatic rings. The van der Waals surface area contributed by atoms with Crippen LogP contribution in [-0.4, -0.2) is 45.1 Å². The minimum Gasteiger partial charge on any atom is -0.352 e. The number of carbonyl (C=O) groups is 1. The second kappa shape index (κ2) is 7.31. The molecule has 1 N–H and O–H groups in total. The quantitative estimate of drug-likeness (QED) is 0.791. The average molecular weight is 372 g/mol. The lowest BCUT2D eigenvalue weighted by Crippen LogP contribution is -2.32. The first-order valence-corrected chi connectivity index (χ1v) is 10.2. The molecular formula is C19H25N5OS. The van der Waals surface area contributed by atoms with Crippen LogP contribution in [0, 0.1) is 6.92 Å². The van der Waals surface area contributed by atoms with Gasteiger partial charge in [-0.25, -0.2) is 0 Å². The van der Waals surface area contributed by atoms with Crippen molar-refractivity contribution in [3.05, 3.63) is 29.8 Å². The molecule has 26 heavy (non-hydrogen) atoms. The molecule has 0 spiro atoms. The third-order valence-electron chi connectivity index (χ3n) is 4.87. The third kappa shape index (κ3) is 3.72. The molecule has 1 aromatic carbocycles. The maximum absolute atomic E-state index is 12.4. The summed E-state index contributed by atoms with van der Waals surface area (Å²) >= 11 is 1.48. The van der Waals surface area contributed by atoms with Crippen molar-refractivity contribution in [2.24, 2.45) is 0 Å². The number of rotatable bonds is 6. The van der Waals surface area contributed by atoms with Gasteiger partial charge >= 0.3 is 0 Å². The van der Waals surface area contributed by atoms with Crippen LogP contribution in [0.15, 0.2) is 29.4 Å². The highest BCUT2D eigenvalue weighted by Gasteiger charge is 2.28. The van der Waals surface area contributed by atoms with Crippen LogP contribution in [0.4, 0.5) is 5.95 Å². The van der Waals surface area contributed by atoms with E-state index in [1.54, 1.807) is 0 Å². The van der Waals surface area contributed by atoms with Crippen molar-refractivity contribution in [2.75, 3.05) is 18.0 Å². The lowest BCUT2D eigenvalue weighted by molar-refractivity contribution is -0.120. The molecule has 2 aliphatic rings. The van der Waals surface area contributed by atoms with E-state index >= 15 is 0 Å². The Kier molecular flexibility index (Phi) is 4.89. The van der Waals surface area contributed by atoms with Crippen LogP contribution in [0.3, 0.4) is 0 Å². The molecule has 1 aromatic heterocycles. The van der Waals surface area contributed by atoms with Gasteiger partial charge in [0, 0.05) is 19.1 Å². The van der Waals surface area contributed by atoms with E-state index in [9.17, 15) is 4.79 Å². The fourth-order valence-electron chi connectivity index (χ4n) is 3.14. The summed E-state index contributed by atoms with van der Waals surface area (Å²) in [5.74, 6) is 0.960. The van der Waals surface area contributed by atoms with Crippen LogP contribution < -0.4 is 10.2 Å². The zero-order valence-corrected chi connectivity index (χ0v) is 16.1. The Labute approximate surface area is 158 Å². The number of aromatic nitrogens is 3. The second-order valence-electron chi connectivity index (χ2n) is 7.19. The molecule has 1 saturated heterocycles. The highest BCUT2D eigenvalue weighted by atomic mass is 32.2. The van der Waals surface area contributed by atoms with Gasteiger partial charge in [-0.3, -0.25) is 9.36 Å². The predicted molar refractivity (Wildman–Crippen MR) is 104 cm³/mol. The maximum Gasteiger partial charge on any atom is 0.233 e. The molecule has 0 unspecified atom stereocenters. The minimum absolute atomic E-state index is 0.0821. The van der Waals surface area contributed by atoms with E-state index in [0.717, 1.165) is 42.7 Å². The van der Waals surface area contributed by atoms with Gasteiger partial charge < -0.3 is 10.2 Å². The smallest absolute Gasteiger partial charge is 0.233 e. The first kappa shape index (κ1) is 17.4. The molecule has 0 bridgehead atoms. The summed E-state index contributed by atoms with van der Waals surface area (Å²) < 4.78 is 2.09. The Bertz CT molecular complexity index is 778. The number of anilines is 1. The molecule has 6 nitrogen and oxygen atoms in total. The molecule has 1 aliphatic heterocycles. The normalized spacial score (nSPS) is 18.2.